The van der Waals surface area contributed by atoms with Crippen molar-refractivity contribution in [2.24, 2.45) is 17.6 Å². The van der Waals surface area contributed by atoms with Crippen molar-refractivity contribution in [3.8, 4) is 0 Å². The van der Waals surface area contributed by atoms with Crippen molar-refractivity contribution in [1.29, 1.82) is 0 Å². The lowest BCUT2D eigenvalue weighted by molar-refractivity contribution is 0.186. The van der Waals surface area contributed by atoms with E-state index in [0.717, 1.165) is 24.9 Å². The van der Waals surface area contributed by atoms with Crippen LogP contribution in [0.5, 0.6) is 0 Å². The first-order valence-electron chi connectivity index (χ1n) is 6.50. The molecule has 0 saturated heterocycles. The van der Waals surface area contributed by atoms with E-state index in [1.165, 1.54) is 25.8 Å². The molecular weight excluding hydrogens is 184 g/mol. The number of nitrogens with zero attached hydrogens (tertiary/aromatic N) is 1. The molecule has 0 bridgehead atoms. The molecule has 0 heterocycles. The van der Waals surface area contributed by atoms with Crippen molar-refractivity contribution in [2.75, 3.05) is 19.6 Å². The maximum Gasteiger partial charge on any atom is 0.0283 e. The summed E-state index contributed by atoms with van der Waals surface area (Å²) in [5.74, 6) is 1.57. The van der Waals surface area contributed by atoms with Crippen molar-refractivity contribution < 1.29 is 0 Å². The van der Waals surface area contributed by atoms with Gasteiger partial charge in [0.1, 0.15) is 0 Å². The molecule has 2 unspecified atom stereocenters. The molecule has 0 aromatic rings. The molecule has 1 saturated carbocycles. The summed E-state index contributed by atoms with van der Waals surface area (Å²) in [7, 11) is 0. The van der Waals surface area contributed by atoms with E-state index in [4.69, 9.17) is 5.73 Å². The zero-order valence-corrected chi connectivity index (χ0v) is 10.9. The lowest BCUT2D eigenvalue weighted by Gasteiger charge is -2.33. The molecule has 1 aliphatic rings. The van der Waals surface area contributed by atoms with E-state index in [1.807, 2.05) is 0 Å². The smallest absolute Gasteiger partial charge is 0.0283 e. The van der Waals surface area contributed by atoms with Crippen LogP contribution in [0.25, 0.3) is 0 Å². The van der Waals surface area contributed by atoms with Crippen LogP contribution in [0.3, 0.4) is 0 Å². The highest BCUT2D eigenvalue weighted by Gasteiger charge is 2.39. The van der Waals surface area contributed by atoms with E-state index in [0.29, 0.717) is 0 Å². The zero-order chi connectivity index (χ0) is 11.5. The molecule has 0 spiro atoms. The summed E-state index contributed by atoms with van der Waals surface area (Å²) in [5, 5.41) is 0. The summed E-state index contributed by atoms with van der Waals surface area (Å²) < 4.78 is 0. The van der Waals surface area contributed by atoms with Crippen molar-refractivity contribution in [2.45, 2.75) is 52.5 Å². The van der Waals surface area contributed by atoms with Gasteiger partial charge in [-0.2, -0.15) is 0 Å². The average molecular weight is 212 g/mol. The van der Waals surface area contributed by atoms with Crippen LogP contribution in [-0.4, -0.2) is 30.1 Å². The van der Waals surface area contributed by atoms with Gasteiger partial charge < -0.3 is 10.6 Å². The molecule has 1 aliphatic carbocycles. The fourth-order valence-corrected chi connectivity index (χ4v) is 2.23. The third kappa shape index (κ3) is 4.12. The normalized spacial score (nSPS) is 22.8. The topological polar surface area (TPSA) is 29.3 Å². The number of hydrogen-bond donors (Lipinski definition) is 1. The Labute approximate surface area is 95.2 Å². The average Bonchev–Trinajstić information content (AvgIpc) is 2.99. The maximum absolute atomic E-state index is 6.37. The van der Waals surface area contributed by atoms with Crippen LogP contribution >= 0.6 is 0 Å². The minimum absolute atomic E-state index is 0.0451. The SMILES string of the molecule is CCC(C)CN(CC)CC(C)(N)C1CC1. The standard InChI is InChI=1S/C13H28N2/c1-5-11(3)9-15(6-2)10-13(4,14)12-7-8-12/h11-12H,5-10,14H2,1-4H3. The van der Waals surface area contributed by atoms with E-state index >= 15 is 0 Å². The molecule has 1 rings (SSSR count). The third-order valence-corrected chi connectivity index (χ3v) is 3.79. The molecule has 2 N–H and O–H groups in total. The third-order valence-electron chi connectivity index (χ3n) is 3.79. The Balaban J connectivity index is 2.38. The van der Waals surface area contributed by atoms with Crippen LogP contribution in [-0.2, 0) is 0 Å². The van der Waals surface area contributed by atoms with E-state index in [1.54, 1.807) is 0 Å². The largest absolute Gasteiger partial charge is 0.324 e. The monoisotopic (exact) mass is 212 g/mol. The van der Waals surface area contributed by atoms with Gasteiger partial charge in [0.05, 0.1) is 0 Å². The summed E-state index contributed by atoms with van der Waals surface area (Å²) in [6.07, 6.45) is 3.95. The first-order valence-corrected chi connectivity index (χ1v) is 6.50. The summed E-state index contributed by atoms with van der Waals surface area (Å²) in [4.78, 5) is 2.52. The number of nitrogens with two attached hydrogens (primary N) is 1. The molecule has 0 aliphatic heterocycles. The quantitative estimate of drug-likeness (QED) is 0.702. The lowest BCUT2D eigenvalue weighted by atomic mass is 9.96. The van der Waals surface area contributed by atoms with Crippen molar-refractivity contribution in [3.05, 3.63) is 0 Å². The molecular formula is C13H28N2. The van der Waals surface area contributed by atoms with Gasteiger partial charge >= 0.3 is 0 Å². The first kappa shape index (κ1) is 13.0. The molecule has 2 nitrogen and oxygen atoms in total. The van der Waals surface area contributed by atoms with Crippen LogP contribution in [0.4, 0.5) is 0 Å². The Hall–Kier alpha value is -0.0800. The number of hydrogen-bond acceptors (Lipinski definition) is 2. The predicted octanol–water partition coefficient (Wildman–Crippen LogP) is 2.48. The van der Waals surface area contributed by atoms with Crippen molar-refractivity contribution >= 4 is 0 Å². The Bertz CT molecular complexity index is 185. The van der Waals surface area contributed by atoms with Gasteiger partial charge in [-0.15, -0.1) is 0 Å². The van der Waals surface area contributed by atoms with Gasteiger partial charge in [0.2, 0.25) is 0 Å². The van der Waals surface area contributed by atoms with Gasteiger partial charge in [0, 0.05) is 18.6 Å². The lowest BCUT2D eigenvalue weighted by Crippen LogP contribution is -2.50. The van der Waals surface area contributed by atoms with Gasteiger partial charge in [0.15, 0.2) is 0 Å². The predicted molar refractivity (Wildman–Crippen MR) is 66.9 cm³/mol. The maximum atomic E-state index is 6.37. The van der Waals surface area contributed by atoms with Crippen LogP contribution in [0.1, 0.15) is 47.0 Å². The van der Waals surface area contributed by atoms with Gasteiger partial charge in [-0.25, -0.2) is 0 Å². The van der Waals surface area contributed by atoms with E-state index in [-0.39, 0.29) is 5.54 Å². The van der Waals surface area contributed by atoms with E-state index < -0.39 is 0 Å². The van der Waals surface area contributed by atoms with Crippen LogP contribution in [0.15, 0.2) is 0 Å². The van der Waals surface area contributed by atoms with Crippen molar-refractivity contribution in [1.82, 2.24) is 4.90 Å². The fourth-order valence-electron chi connectivity index (χ4n) is 2.23. The molecule has 1 fully saturated rings. The minimum Gasteiger partial charge on any atom is -0.324 e. The van der Waals surface area contributed by atoms with Gasteiger partial charge in [0.25, 0.3) is 0 Å². The molecule has 2 atom stereocenters. The molecule has 0 amide bonds. The van der Waals surface area contributed by atoms with Crippen molar-refractivity contribution in [3.63, 3.8) is 0 Å². The highest BCUT2D eigenvalue weighted by molar-refractivity contribution is 4.97. The molecule has 0 aromatic heterocycles. The summed E-state index contributed by atoms with van der Waals surface area (Å²) in [6.45, 7) is 12.5. The number of likely N-dealkylation sites (N-methyl/N-ethyl adjacent to an activating group) is 1. The minimum atomic E-state index is 0.0451. The number of rotatable bonds is 7. The summed E-state index contributed by atoms with van der Waals surface area (Å²) in [6, 6.07) is 0. The van der Waals surface area contributed by atoms with Gasteiger partial charge in [-0.05, 0) is 38.1 Å². The Morgan fingerprint density at radius 3 is 2.40 bits per heavy atom. The molecule has 0 aromatic carbocycles. The van der Waals surface area contributed by atoms with Crippen LogP contribution < -0.4 is 5.73 Å². The van der Waals surface area contributed by atoms with E-state index in [2.05, 4.69) is 32.6 Å². The van der Waals surface area contributed by atoms with Crippen LogP contribution in [0, 0.1) is 11.8 Å². The molecule has 15 heavy (non-hydrogen) atoms. The second-order valence-corrected chi connectivity index (χ2v) is 5.62. The summed E-state index contributed by atoms with van der Waals surface area (Å²) in [5.41, 5.74) is 6.42. The highest BCUT2D eigenvalue weighted by atomic mass is 15.1. The Morgan fingerprint density at radius 2 is 2.00 bits per heavy atom. The first-order chi connectivity index (χ1) is 6.99. The van der Waals surface area contributed by atoms with E-state index in [9.17, 15) is 0 Å². The molecule has 90 valence electrons. The molecule has 0 radical (unpaired) electrons. The van der Waals surface area contributed by atoms with Gasteiger partial charge in [-0.3, -0.25) is 0 Å². The highest BCUT2D eigenvalue weighted by Crippen LogP contribution is 2.38. The Morgan fingerprint density at radius 1 is 1.40 bits per heavy atom. The van der Waals surface area contributed by atoms with Gasteiger partial charge in [-0.1, -0.05) is 27.2 Å². The van der Waals surface area contributed by atoms with Crippen LogP contribution in [0.2, 0.25) is 0 Å². The zero-order valence-electron chi connectivity index (χ0n) is 10.9. The second kappa shape index (κ2) is 5.31. The molecule has 2 heteroatoms. The summed E-state index contributed by atoms with van der Waals surface area (Å²) >= 11 is 0. The second-order valence-electron chi connectivity index (χ2n) is 5.62. The Kier molecular flexibility index (Phi) is 4.60. The fraction of sp³-hybridized carbons (Fsp3) is 1.00.